The van der Waals surface area contributed by atoms with Crippen molar-refractivity contribution in [2.75, 3.05) is 5.75 Å². The normalized spacial score (nSPS) is 11.2. The van der Waals surface area contributed by atoms with Gasteiger partial charge in [-0.1, -0.05) is 48.1 Å². The molecule has 2 aromatic heterocycles. The lowest BCUT2D eigenvalue weighted by atomic mass is 10.2. The summed E-state index contributed by atoms with van der Waals surface area (Å²) in [5.41, 5.74) is 0. The van der Waals surface area contributed by atoms with E-state index in [2.05, 4.69) is 51.1 Å². The Labute approximate surface area is 125 Å². The van der Waals surface area contributed by atoms with Gasteiger partial charge >= 0.3 is 0 Å². The molecule has 2 rings (SSSR count). The zero-order chi connectivity index (χ0) is 13.8. The Balaban J connectivity index is 2.25. The number of furan rings is 1. The maximum Gasteiger partial charge on any atom is 0.191 e. The third kappa shape index (κ3) is 3.73. The highest BCUT2D eigenvalue weighted by Crippen LogP contribution is 2.25. The van der Waals surface area contributed by atoms with Crippen LogP contribution in [0.4, 0.5) is 0 Å². The van der Waals surface area contributed by atoms with E-state index >= 15 is 0 Å². The Morgan fingerprint density at radius 1 is 1.53 bits per heavy atom. The Morgan fingerprint density at radius 2 is 2.32 bits per heavy atom. The Morgan fingerprint density at radius 3 is 2.89 bits per heavy atom. The Hall–Kier alpha value is -1.01. The maximum atomic E-state index is 5.41. The van der Waals surface area contributed by atoms with E-state index in [0.717, 1.165) is 27.0 Å². The zero-order valence-electron chi connectivity index (χ0n) is 11.0. The predicted octanol–water partition coefficient (Wildman–Crippen LogP) is 4.04. The second kappa shape index (κ2) is 6.43. The van der Waals surface area contributed by atoms with Gasteiger partial charge in [0.2, 0.25) is 0 Å². The van der Waals surface area contributed by atoms with Gasteiger partial charge in [-0.25, -0.2) is 0 Å². The smallest absolute Gasteiger partial charge is 0.191 e. The molecule has 0 aromatic carbocycles. The minimum atomic E-state index is 0.323. The summed E-state index contributed by atoms with van der Waals surface area (Å²) in [5, 5.41) is 9.43. The van der Waals surface area contributed by atoms with Crippen LogP contribution in [0, 0.1) is 0 Å². The molecule has 0 N–H and O–H groups in total. The fraction of sp³-hybridized carbons (Fsp3) is 0.385. The van der Waals surface area contributed by atoms with Gasteiger partial charge in [0.15, 0.2) is 5.16 Å². The minimum Gasteiger partial charge on any atom is -0.467 e. The highest BCUT2D eigenvalue weighted by molar-refractivity contribution is 9.11. The number of rotatable bonds is 6. The number of aromatic nitrogens is 3. The Kier molecular flexibility index (Phi) is 4.87. The molecule has 0 saturated carbocycles. The number of nitrogens with zero attached hydrogens (tertiary/aromatic N) is 3. The van der Waals surface area contributed by atoms with Gasteiger partial charge in [0, 0.05) is 11.7 Å². The van der Waals surface area contributed by atoms with Gasteiger partial charge in [0.1, 0.15) is 11.6 Å². The molecule has 0 aliphatic rings. The van der Waals surface area contributed by atoms with E-state index in [9.17, 15) is 0 Å². The van der Waals surface area contributed by atoms with Crippen LogP contribution in [0.3, 0.4) is 0 Å². The molecule has 19 heavy (non-hydrogen) atoms. The van der Waals surface area contributed by atoms with E-state index in [4.69, 9.17) is 4.42 Å². The van der Waals surface area contributed by atoms with Crippen LogP contribution in [0.5, 0.6) is 0 Å². The molecule has 0 bridgehead atoms. The number of hydrogen-bond acceptors (Lipinski definition) is 4. The van der Waals surface area contributed by atoms with Gasteiger partial charge in [-0.2, -0.15) is 0 Å². The molecule has 0 aliphatic heterocycles. The molecule has 6 heteroatoms. The summed E-state index contributed by atoms with van der Waals surface area (Å²) in [7, 11) is 0. The van der Waals surface area contributed by atoms with Crippen LogP contribution in [0.1, 0.15) is 31.4 Å². The van der Waals surface area contributed by atoms with Gasteiger partial charge in [0.05, 0.1) is 12.8 Å². The summed E-state index contributed by atoms with van der Waals surface area (Å²) in [6.07, 6.45) is 1.68. The van der Waals surface area contributed by atoms with Gasteiger partial charge in [-0.05, 0) is 16.6 Å². The molecule has 0 spiro atoms. The molecule has 0 fully saturated rings. The molecule has 4 nitrogen and oxygen atoms in total. The first-order chi connectivity index (χ1) is 9.08. The van der Waals surface area contributed by atoms with E-state index in [1.165, 1.54) is 0 Å². The number of hydrogen-bond donors (Lipinski definition) is 0. The summed E-state index contributed by atoms with van der Waals surface area (Å²) in [6.45, 7) is 8.72. The maximum absolute atomic E-state index is 5.41. The third-order valence-corrected chi connectivity index (χ3v) is 4.22. The topological polar surface area (TPSA) is 43.9 Å². The molecule has 0 aliphatic carbocycles. The molecular formula is C13H16BrN3OS. The molecule has 2 heterocycles. The molecule has 0 atom stereocenters. The van der Waals surface area contributed by atoms with Crippen LogP contribution in [-0.4, -0.2) is 20.5 Å². The van der Waals surface area contributed by atoms with E-state index in [1.54, 1.807) is 18.0 Å². The largest absolute Gasteiger partial charge is 0.467 e. The van der Waals surface area contributed by atoms with Gasteiger partial charge in [-0.15, -0.1) is 10.2 Å². The van der Waals surface area contributed by atoms with Gasteiger partial charge < -0.3 is 4.42 Å². The van der Waals surface area contributed by atoms with Crippen LogP contribution < -0.4 is 0 Å². The molecule has 0 amide bonds. The van der Waals surface area contributed by atoms with E-state index in [-0.39, 0.29) is 0 Å². The number of halogens is 1. The summed E-state index contributed by atoms with van der Waals surface area (Å²) in [6, 6.07) is 3.85. The fourth-order valence-corrected chi connectivity index (χ4v) is 2.73. The zero-order valence-corrected chi connectivity index (χ0v) is 13.4. The summed E-state index contributed by atoms with van der Waals surface area (Å²) in [4.78, 5) is 0. The molecular weight excluding hydrogens is 326 g/mol. The highest BCUT2D eigenvalue weighted by Gasteiger charge is 2.16. The lowest BCUT2D eigenvalue weighted by Gasteiger charge is -2.10. The highest BCUT2D eigenvalue weighted by atomic mass is 79.9. The lowest BCUT2D eigenvalue weighted by molar-refractivity contribution is 0.475. The fourth-order valence-electron chi connectivity index (χ4n) is 1.68. The number of thioether (sulfide) groups is 1. The van der Waals surface area contributed by atoms with Crippen LogP contribution in [0.15, 0.2) is 39.0 Å². The van der Waals surface area contributed by atoms with Crippen molar-refractivity contribution in [2.24, 2.45) is 0 Å². The lowest BCUT2D eigenvalue weighted by Crippen LogP contribution is -2.07. The van der Waals surface area contributed by atoms with Crippen LogP contribution >= 0.6 is 27.7 Å². The van der Waals surface area contributed by atoms with Crippen molar-refractivity contribution in [2.45, 2.75) is 31.5 Å². The van der Waals surface area contributed by atoms with Crippen molar-refractivity contribution in [3.8, 4) is 0 Å². The molecule has 2 aromatic rings. The van der Waals surface area contributed by atoms with Crippen LogP contribution in [-0.2, 0) is 6.54 Å². The third-order valence-electron chi connectivity index (χ3n) is 2.51. The SMILES string of the molecule is C=C(Br)CSc1nnc(C(C)C)n1Cc1ccco1. The van der Waals surface area contributed by atoms with Crippen molar-refractivity contribution in [1.82, 2.24) is 14.8 Å². The minimum absolute atomic E-state index is 0.323. The van der Waals surface area contributed by atoms with Crippen molar-refractivity contribution < 1.29 is 4.42 Å². The van der Waals surface area contributed by atoms with E-state index in [1.807, 2.05) is 12.1 Å². The molecule has 102 valence electrons. The van der Waals surface area contributed by atoms with Crippen LogP contribution in [0.2, 0.25) is 0 Å². The Bertz CT molecular complexity index is 548. The summed E-state index contributed by atoms with van der Waals surface area (Å²) < 4.78 is 8.45. The second-order valence-corrected chi connectivity index (χ2v) is 6.53. The van der Waals surface area contributed by atoms with E-state index < -0.39 is 0 Å². The van der Waals surface area contributed by atoms with E-state index in [0.29, 0.717) is 12.5 Å². The molecule has 0 unspecified atom stereocenters. The van der Waals surface area contributed by atoms with Crippen molar-refractivity contribution in [1.29, 1.82) is 0 Å². The first-order valence-electron chi connectivity index (χ1n) is 5.99. The summed E-state index contributed by atoms with van der Waals surface area (Å²) >= 11 is 4.98. The molecule has 0 saturated heterocycles. The average Bonchev–Trinajstić information content (AvgIpc) is 2.96. The van der Waals surface area contributed by atoms with Gasteiger partial charge in [0.25, 0.3) is 0 Å². The van der Waals surface area contributed by atoms with Crippen LogP contribution in [0.25, 0.3) is 0 Å². The predicted molar refractivity (Wildman–Crippen MR) is 80.7 cm³/mol. The van der Waals surface area contributed by atoms with Crippen molar-refractivity contribution in [3.63, 3.8) is 0 Å². The monoisotopic (exact) mass is 341 g/mol. The standard InChI is InChI=1S/C13H16BrN3OS/c1-9(2)12-15-16-13(19-8-10(3)14)17(12)7-11-5-4-6-18-11/h4-6,9H,3,7-8H2,1-2H3. The van der Waals surface area contributed by atoms with Crippen molar-refractivity contribution in [3.05, 3.63) is 41.0 Å². The second-order valence-electron chi connectivity index (χ2n) is 4.47. The first kappa shape index (κ1) is 14.4. The first-order valence-corrected chi connectivity index (χ1v) is 7.77. The quantitative estimate of drug-likeness (QED) is 0.743. The van der Waals surface area contributed by atoms with Crippen molar-refractivity contribution >= 4 is 27.7 Å². The van der Waals surface area contributed by atoms with Gasteiger partial charge in [-0.3, -0.25) is 4.57 Å². The summed E-state index contributed by atoms with van der Waals surface area (Å²) in [5.74, 6) is 2.97. The average molecular weight is 342 g/mol. The molecule has 0 radical (unpaired) electrons.